The van der Waals surface area contributed by atoms with Gasteiger partial charge < -0.3 is 0 Å². The van der Waals surface area contributed by atoms with Crippen LogP contribution in [-0.2, 0) is 0 Å². The van der Waals surface area contributed by atoms with Crippen molar-refractivity contribution in [2.75, 3.05) is 8.86 Å². The maximum Gasteiger partial charge on any atom is -0.000463 e. The number of rotatable bonds is 8. The van der Waals surface area contributed by atoms with Crippen LogP contribution >= 0.6 is 45.2 Å². The number of hydrogen-bond donors (Lipinski definition) is 0. The zero-order valence-corrected chi connectivity index (χ0v) is 12.3. The molecule has 2 heteroatoms. The zero-order valence-electron chi connectivity index (χ0n) is 7.99. The summed E-state index contributed by atoms with van der Waals surface area (Å²) in [6.45, 7) is 2.31. The van der Waals surface area contributed by atoms with Gasteiger partial charge in [0.2, 0.25) is 0 Å². The maximum atomic E-state index is 2.49. The first-order valence-corrected chi connectivity index (χ1v) is 8.02. The van der Waals surface area contributed by atoms with Gasteiger partial charge >= 0.3 is 0 Å². The Morgan fingerprint density at radius 3 is 1.75 bits per heavy atom. The average Bonchev–Trinajstić information content (AvgIpc) is 2.10. The molecular weight excluding hydrogens is 374 g/mol. The van der Waals surface area contributed by atoms with Crippen molar-refractivity contribution in [1.29, 1.82) is 0 Å². The van der Waals surface area contributed by atoms with Crippen molar-refractivity contribution in [2.45, 2.75) is 45.4 Å². The topological polar surface area (TPSA) is 0 Å². The molecule has 12 heavy (non-hydrogen) atoms. The fraction of sp³-hybridized carbons (Fsp3) is 1.00. The molecular formula is C10H20I2. The van der Waals surface area contributed by atoms with E-state index in [-0.39, 0.29) is 0 Å². The van der Waals surface area contributed by atoms with Crippen LogP contribution in [0.4, 0.5) is 0 Å². The van der Waals surface area contributed by atoms with Crippen LogP contribution in [0.2, 0.25) is 0 Å². The van der Waals surface area contributed by atoms with Crippen LogP contribution in [-0.4, -0.2) is 8.86 Å². The van der Waals surface area contributed by atoms with Gasteiger partial charge in [-0.05, 0) is 40.5 Å². The van der Waals surface area contributed by atoms with Crippen LogP contribution in [0, 0.1) is 5.92 Å². The fourth-order valence-corrected chi connectivity index (χ4v) is 2.45. The average molecular weight is 394 g/mol. The summed E-state index contributed by atoms with van der Waals surface area (Å²) in [6, 6.07) is 0. The van der Waals surface area contributed by atoms with E-state index in [1.165, 1.54) is 47.4 Å². The summed E-state index contributed by atoms with van der Waals surface area (Å²) in [5.74, 6) is 1.03. The number of alkyl halides is 2. The van der Waals surface area contributed by atoms with E-state index < -0.39 is 0 Å². The molecule has 0 atom stereocenters. The summed E-state index contributed by atoms with van der Waals surface area (Å²) in [5, 5.41) is 0. The molecule has 0 aromatic rings. The van der Waals surface area contributed by atoms with Crippen molar-refractivity contribution in [1.82, 2.24) is 0 Å². The molecule has 0 unspecified atom stereocenters. The third-order valence-electron chi connectivity index (χ3n) is 2.19. The molecule has 0 aliphatic rings. The summed E-state index contributed by atoms with van der Waals surface area (Å²) in [5.41, 5.74) is 0. The van der Waals surface area contributed by atoms with Crippen molar-refractivity contribution in [3.05, 3.63) is 0 Å². The summed E-state index contributed by atoms with van der Waals surface area (Å²) in [6.07, 6.45) is 8.60. The van der Waals surface area contributed by atoms with Crippen LogP contribution in [0.3, 0.4) is 0 Å². The molecule has 0 heterocycles. The lowest BCUT2D eigenvalue weighted by Gasteiger charge is -2.14. The Labute approximate surface area is 105 Å². The molecule has 0 radical (unpaired) electrons. The summed E-state index contributed by atoms with van der Waals surface area (Å²) < 4.78 is 2.67. The highest BCUT2D eigenvalue weighted by molar-refractivity contribution is 14.1. The van der Waals surface area contributed by atoms with Gasteiger partial charge in [0.05, 0.1) is 0 Å². The standard InChI is InChI=1S/C10H20I2/c1-2-5-10(6-3-8-11)7-4-9-12/h10H,2-9H2,1H3. The van der Waals surface area contributed by atoms with Crippen molar-refractivity contribution < 1.29 is 0 Å². The lowest BCUT2D eigenvalue weighted by molar-refractivity contribution is 0.411. The smallest absolute Gasteiger partial charge is 0.000463 e. The third kappa shape index (κ3) is 8.08. The molecule has 0 nitrogen and oxygen atoms in total. The molecule has 74 valence electrons. The highest BCUT2D eigenvalue weighted by Crippen LogP contribution is 2.20. The Kier molecular flexibility index (Phi) is 11.8. The van der Waals surface area contributed by atoms with Gasteiger partial charge in [-0.2, -0.15) is 0 Å². The molecule has 0 N–H and O–H groups in total. The van der Waals surface area contributed by atoms with Crippen LogP contribution < -0.4 is 0 Å². The molecule has 0 spiro atoms. The summed E-state index contributed by atoms with van der Waals surface area (Å²) >= 11 is 4.97. The molecule has 0 aliphatic carbocycles. The van der Waals surface area contributed by atoms with Crippen LogP contribution in [0.15, 0.2) is 0 Å². The predicted molar refractivity (Wildman–Crippen MR) is 74.6 cm³/mol. The second-order valence-electron chi connectivity index (χ2n) is 3.32. The summed E-state index contributed by atoms with van der Waals surface area (Å²) in [7, 11) is 0. The van der Waals surface area contributed by atoms with Gasteiger partial charge in [0, 0.05) is 0 Å². The molecule has 0 bridgehead atoms. The van der Waals surface area contributed by atoms with Crippen LogP contribution in [0.25, 0.3) is 0 Å². The predicted octanol–water partition coefficient (Wildman–Crippen LogP) is 4.83. The molecule has 0 amide bonds. The monoisotopic (exact) mass is 394 g/mol. The Morgan fingerprint density at radius 1 is 0.917 bits per heavy atom. The van der Waals surface area contributed by atoms with Crippen molar-refractivity contribution in [3.8, 4) is 0 Å². The molecule has 0 rings (SSSR count). The highest BCUT2D eigenvalue weighted by Gasteiger charge is 2.05. The molecule has 0 aliphatic heterocycles. The van der Waals surface area contributed by atoms with Crippen LogP contribution in [0.5, 0.6) is 0 Å². The van der Waals surface area contributed by atoms with E-state index in [1.54, 1.807) is 0 Å². The van der Waals surface area contributed by atoms with Gasteiger partial charge in [0.25, 0.3) is 0 Å². The number of hydrogen-bond acceptors (Lipinski definition) is 0. The first kappa shape index (κ1) is 13.5. The second kappa shape index (κ2) is 10.5. The molecule has 0 aromatic heterocycles. The molecule has 0 saturated heterocycles. The largest absolute Gasteiger partial charge is 0.0864 e. The first-order chi connectivity index (χ1) is 5.85. The van der Waals surface area contributed by atoms with E-state index >= 15 is 0 Å². The van der Waals surface area contributed by atoms with Gasteiger partial charge in [-0.1, -0.05) is 64.9 Å². The van der Waals surface area contributed by atoms with Gasteiger partial charge in [-0.15, -0.1) is 0 Å². The van der Waals surface area contributed by atoms with E-state index in [4.69, 9.17) is 0 Å². The van der Waals surface area contributed by atoms with Crippen molar-refractivity contribution in [2.24, 2.45) is 5.92 Å². The molecule has 0 saturated carbocycles. The van der Waals surface area contributed by atoms with E-state index in [0.717, 1.165) is 5.92 Å². The first-order valence-electron chi connectivity index (χ1n) is 4.97. The minimum Gasteiger partial charge on any atom is -0.0864 e. The Hall–Kier alpha value is 1.46. The van der Waals surface area contributed by atoms with E-state index in [0.29, 0.717) is 0 Å². The Balaban J connectivity index is 3.40. The SMILES string of the molecule is CCCC(CCCI)CCCI. The minimum absolute atomic E-state index is 1.03. The van der Waals surface area contributed by atoms with Crippen LogP contribution in [0.1, 0.15) is 45.4 Å². The van der Waals surface area contributed by atoms with Gasteiger partial charge in [0.15, 0.2) is 0 Å². The summed E-state index contributed by atoms with van der Waals surface area (Å²) in [4.78, 5) is 0. The Morgan fingerprint density at radius 2 is 1.42 bits per heavy atom. The number of halogens is 2. The highest BCUT2D eigenvalue weighted by atomic mass is 127. The lowest BCUT2D eigenvalue weighted by atomic mass is 9.94. The minimum atomic E-state index is 1.03. The third-order valence-corrected chi connectivity index (χ3v) is 3.71. The van der Waals surface area contributed by atoms with Crippen molar-refractivity contribution in [3.63, 3.8) is 0 Å². The quantitative estimate of drug-likeness (QED) is 0.409. The zero-order chi connectivity index (χ0) is 9.23. The lowest BCUT2D eigenvalue weighted by Crippen LogP contribution is -2.00. The Bertz CT molecular complexity index is 75.9. The normalized spacial score (nSPS) is 11.0. The second-order valence-corrected chi connectivity index (χ2v) is 5.47. The van der Waals surface area contributed by atoms with Crippen molar-refractivity contribution >= 4 is 45.2 Å². The van der Waals surface area contributed by atoms with Gasteiger partial charge in [-0.25, -0.2) is 0 Å². The fourth-order valence-electron chi connectivity index (χ4n) is 1.57. The van der Waals surface area contributed by atoms with Gasteiger partial charge in [0.1, 0.15) is 0 Å². The molecule has 0 aromatic carbocycles. The van der Waals surface area contributed by atoms with E-state index in [1.807, 2.05) is 0 Å². The molecule has 0 fully saturated rings. The maximum absolute atomic E-state index is 2.49. The van der Waals surface area contributed by atoms with E-state index in [9.17, 15) is 0 Å². The van der Waals surface area contributed by atoms with Gasteiger partial charge in [-0.3, -0.25) is 0 Å². The van der Waals surface area contributed by atoms with E-state index in [2.05, 4.69) is 52.1 Å².